The van der Waals surface area contributed by atoms with Crippen LogP contribution in [0.1, 0.15) is 29.6 Å². The molecular weight excluding hydrogens is 278 g/mol. The van der Waals surface area contributed by atoms with Gasteiger partial charge in [-0.3, -0.25) is 9.59 Å². The van der Waals surface area contributed by atoms with Gasteiger partial charge in [-0.05, 0) is 37.6 Å². The SMILES string of the molecule is CNC(=O)c1ccc(Cl)c(NC(=O)[C@H]2CCCCN2)c1. The van der Waals surface area contributed by atoms with Crippen LogP contribution in [-0.2, 0) is 4.79 Å². The third-order valence-corrected chi connectivity index (χ3v) is 3.67. The highest BCUT2D eigenvalue weighted by atomic mass is 35.5. The van der Waals surface area contributed by atoms with Crippen molar-refractivity contribution in [2.75, 3.05) is 18.9 Å². The molecule has 0 aromatic heterocycles. The van der Waals surface area contributed by atoms with Crippen LogP contribution in [0.5, 0.6) is 0 Å². The molecule has 1 heterocycles. The van der Waals surface area contributed by atoms with Gasteiger partial charge in [0, 0.05) is 12.6 Å². The molecule has 0 aliphatic carbocycles. The van der Waals surface area contributed by atoms with Crippen molar-refractivity contribution in [1.82, 2.24) is 10.6 Å². The maximum Gasteiger partial charge on any atom is 0.251 e. The fourth-order valence-electron chi connectivity index (χ4n) is 2.20. The summed E-state index contributed by atoms with van der Waals surface area (Å²) in [6, 6.07) is 4.62. The average molecular weight is 296 g/mol. The Kier molecular flexibility index (Phi) is 4.98. The highest BCUT2D eigenvalue weighted by Crippen LogP contribution is 2.23. The summed E-state index contributed by atoms with van der Waals surface area (Å²) in [5, 5.41) is 8.91. The van der Waals surface area contributed by atoms with Crippen LogP contribution in [0.2, 0.25) is 5.02 Å². The van der Waals surface area contributed by atoms with E-state index in [0.717, 1.165) is 25.8 Å². The standard InChI is InChI=1S/C14H18ClN3O2/c1-16-13(19)9-5-6-10(15)12(8-9)18-14(20)11-4-2-3-7-17-11/h5-6,8,11,17H,2-4,7H2,1H3,(H,16,19)(H,18,20)/t11-/m1/s1. The second-order valence-electron chi connectivity index (χ2n) is 4.77. The van der Waals surface area contributed by atoms with E-state index in [0.29, 0.717) is 16.3 Å². The molecule has 1 aromatic carbocycles. The Hall–Kier alpha value is -1.59. The number of halogens is 1. The largest absolute Gasteiger partial charge is 0.355 e. The van der Waals surface area contributed by atoms with Gasteiger partial charge < -0.3 is 16.0 Å². The van der Waals surface area contributed by atoms with Crippen LogP contribution >= 0.6 is 11.6 Å². The first kappa shape index (κ1) is 14.8. The maximum atomic E-state index is 12.1. The molecule has 20 heavy (non-hydrogen) atoms. The van der Waals surface area contributed by atoms with Crippen molar-refractivity contribution in [3.05, 3.63) is 28.8 Å². The van der Waals surface area contributed by atoms with Gasteiger partial charge in [-0.25, -0.2) is 0 Å². The molecule has 6 heteroatoms. The molecule has 0 spiro atoms. The lowest BCUT2D eigenvalue weighted by Crippen LogP contribution is -2.43. The smallest absolute Gasteiger partial charge is 0.251 e. The first-order chi connectivity index (χ1) is 9.61. The van der Waals surface area contributed by atoms with Crippen LogP contribution in [0.15, 0.2) is 18.2 Å². The van der Waals surface area contributed by atoms with Gasteiger partial charge in [-0.15, -0.1) is 0 Å². The quantitative estimate of drug-likeness (QED) is 0.796. The number of rotatable bonds is 3. The van der Waals surface area contributed by atoms with E-state index in [1.54, 1.807) is 25.2 Å². The number of carbonyl (C=O) groups excluding carboxylic acids is 2. The molecule has 1 fully saturated rings. The van der Waals surface area contributed by atoms with E-state index in [2.05, 4.69) is 16.0 Å². The van der Waals surface area contributed by atoms with E-state index in [-0.39, 0.29) is 17.9 Å². The Morgan fingerprint density at radius 3 is 2.80 bits per heavy atom. The number of hydrogen-bond donors (Lipinski definition) is 3. The van der Waals surface area contributed by atoms with Gasteiger partial charge in [0.15, 0.2) is 0 Å². The number of piperidine rings is 1. The van der Waals surface area contributed by atoms with Gasteiger partial charge in [0.25, 0.3) is 5.91 Å². The molecule has 1 atom stereocenters. The Morgan fingerprint density at radius 2 is 2.15 bits per heavy atom. The fraction of sp³-hybridized carbons (Fsp3) is 0.429. The summed E-state index contributed by atoms with van der Waals surface area (Å²) in [6.07, 6.45) is 2.95. The van der Waals surface area contributed by atoms with Crippen molar-refractivity contribution < 1.29 is 9.59 Å². The molecule has 1 aromatic rings. The van der Waals surface area contributed by atoms with Gasteiger partial charge in [0.05, 0.1) is 16.8 Å². The zero-order chi connectivity index (χ0) is 14.5. The lowest BCUT2D eigenvalue weighted by molar-refractivity contribution is -0.118. The molecule has 2 rings (SSSR count). The topological polar surface area (TPSA) is 70.2 Å². The molecule has 2 amide bonds. The van der Waals surface area contributed by atoms with E-state index in [1.807, 2.05) is 0 Å². The molecule has 0 unspecified atom stereocenters. The van der Waals surface area contributed by atoms with Gasteiger partial charge in [0.2, 0.25) is 5.91 Å². The summed E-state index contributed by atoms with van der Waals surface area (Å²) in [5.74, 6) is -0.325. The molecular formula is C14H18ClN3O2. The molecule has 0 radical (unpaired) electrons. The predicted octanol–water partition coefficient (Wildman–Crippen LogP) is 1.78. The third kappa shape index (κ3) is 3.49. The molecule has 1 aliphatic heterocycles. The first-order valence-corrected chi connectivity index (χ1v) is 7.05. The van der Waals surface area contributed by atoms with E-state index < -0.39 is 0 Å². The number of hydrogen-bond acceptors (Lipinski definition) is 3. The van der Waals surface area contributed by atoms with Gasteiger partial charge in [-0.1, -0.05) is 18.0 Å². The minimum atomic E-state index is -0.215. The molecule has 5 nitrogen and oxygen atoms in total. The van der Waals surface area contributed by atoms with Crippen molar-refractivity contribution in [1.29, 1.82) is 0 Å². The Labute approximate surface area is 123 Å². The maximum absolute atomic E-state index is 12.1. The van der Waals surface area contributed by atoms with E-state index in [9.17, 15) is 9.59 Å². The summed E-state index contributed by atoms with van der Waals surface area (Å²) >= 11 is 6.06. The third-order valence-electron chi connectivity index (χ3n) is 3.34. The highest BCUT2D eigenvalue weighted by Gasteiger charge is 2.21. The lowest BCUT2D eigenvalue weighted by Gasteiger charge is -2.22. The van der Waals surface area contributed by atoms with E-state index in [1.165, 1.54) is 0 Å². The molecule has 0 bridgehead atoms. The Balaban J connectivity index is 2.11. The molecule has 108 valence electrons. The van der Waals surface area contributed by atoms with Crippen LogP contribution in [0.3, 0.4) is 0 Å². The van der Waals surface area contributed by atoms with Crippen LogP contribution in [0.4, 0.5) is 5.69 Å². The molecule has 0 saturated carbocycles. The summed E-state index contributed by atoms with van der Waals surface area (Å²) in [7, 11) is 1.56. The van der Waals surface area contributed by atoms with Crippen molar-refractivity contribution in [2.24, 2.45) is 0 Å². The van der Waals surface area contributed by atoms with E-state index >= 15 is 0 Å². The summed E-state index contributed by atoms with van der Waals surface area (Å²) in [4.78, 5) is 23.7. The number of benzene rings is 1. The molecule has 3 N–H and O–H groups in total. The molecule has 1 saturated heterocycles. The van der Waals surface area contributed by atoms with Crippen molar-refractivity contribution in [2.45, 2.75) is 25.3 Å². The zero-order valence-corrected chi connectivity index (χ0v) is 12.1. The number of amides is 2. The Bertz CT molecular complexity index is 513. The summed E-state index contributed by atoms with van der Waals surface area (Å²) in [6.45, 7) is 0.851. The van der Waals surface area contributed by atoms with Crippen molar-refractivity contribution in [3.63, 3.8) is 0 Å². The predicted molar refractivity (Wildman–Crippen MR) is 79.1 cm³/mol. The highest BCUT2D eigenvalue weighted by molar-refractivity contribution is 6.34. The van der Waals surface area contributed by atoms with E-state index in [4.69, 9.17) is 11.6 Å². The van der Waals surface area contributed by atoms with Crippen molar-refractivity contribution in [3.8, 4) is 0 Å². The van der Waals surface area contributed by atoms with Crippen LogP contribution in [-0.4, -0.2) is 31.4 Å². The number of carbonyl (C=O) groups is 2. The second kappa shape index (κ2) is 6.72. The second-order valence-corrected chi connectivity index (χ2v) is 5.17. The summed E-state index contributed by atoms with van der Waals surface area (Å²) in [5.41, 5.74) is 0.925. The Morgan fingerprint density at radius 1 is 1.35 bits per heavy atom. The van der Waals surface area contributed by atoms with Gasteiger partial charge in [-0.2, -0.15) is 0 Å². The van der Waals surface area contributed by atoms with Gasteiger partial charge in [0.1, 0.15) is 0 Å². The zero-order valence-electron chi connectivity index (χ0n) is 11.3. The average Bonchev–Trinajstić information content (AvgIpc) is 2.49. The fourth-order valence-corrected chi connectivity index (χ4v) is 2.37. The van der Waals surface area contributed by atoms with Crippen molar-refractivity contribution >= 4 is 29.1 Å². The van der Waals surface area contributed by atoms with Crippen LogP contribution in [0.25, 0.3) is 0 Å². The minimum Gasteiger partial charge on any atom is -0.355 e. The minimum absolute atomic E-state index is 0.111. The summed E-state index contributed by atoms with van der Waals surface area (Å²) < 4.78 is 0. The molecule has 1 aliphatic rings. The van der Waals surface area contributed by atoms with Crippen LogP contribution < -0.4 is 16.0 Å². The first-order valence-electron chi connectivity index (χ1n) is 6.67. The monoisotopic (exact) mass is 295 g/mol. The number of anilines is 1. The van der Waals surface area contributed by atoms with Gasteiger partial charge >= 0.3 is 0 Å². The number of nitrogens with one attached hydrogen (secondary N) is 3. The lowest BCUT2D eigenvalue weighted by atomic mass is 10.0. The normalized spacial score (nSPS) is 18.4. The van der Waals surface area contributed by atoms with Crippen LogP contribution in [0, 0.1) is 0 Å².